The summed E-state index contributed by atoms with van der Waals surface area (Å²) in [6.45, 7) is 5.31. The third-order valence-electron chi connectivity index (χ3n) is 5.88. The molecular formula is C26H44N2O3. The van der Waals surface area contributed by atoms with Crippen LogP contribution < -0.4 is 5.32 Å². The number of ketones is 1. The van der Waals surface area contributed by atoms with E-state index >= 15 is 0 Å². The second-order valence-electron chi connectivity index (χ2n) is 9.04. The van der Waals surface area contributed by atoms with Crippen molar-refractivity contribution in [2.75, 3.05) is 27.2 Å². The monoisotopic (exact) mass is 432 g/mol. The van der Waals surface area contributed by atoms with Crippen LogP contribution in [0.15, 0.2) is 24.3 Å². The highest BCUT2D eigenvalue weighted by Crippen LogP contribution is 2.20. The Morgan fingerprint density at radius 1 is 0.968 bits per heavy atom. The number of rotatable bonds is 17. The van der Waals surface area contributed by atoms with E-state index in [9.17, 15) is 14.7 Å². The number of nitrogens with zero attached hydrogens (tertiary/aromatic N) is 1. The van der Waals surface area contributed by atoms with Crippen molar-refractivity contribution in [3.63, 3.8) is 0 Å². The van der Waals surface area contributed by atoms with Gasteiger partial charge >= 0.3 is 0 Å². The van der Waals surface area contributed by atoms with Crippen LogP contribution in [0.1, 0.15) is 87.6 Å². The third kappa shape index (κ3) is 12.7. The second kappa shape index (κ2) is 16.0. The number of amides is 1. The Morgan fingerprint density at radius 3 is 2.23 bits per heavy atom. The number of hydrogen-bond acceptors (Lipinski definition) is 4. The van der Waals surface area contributed by atoms with Crippen molar-refractivity contribution in [1.29, 1.82) is 0 Å². The number of carbonyl (C=O) groups is 2. The molecule has 1 rings (SSSR count). The molecule has 0 bridgehead atoms. The highest BCUT2D eigenvalue weighted by Gasteiger charge is 2.15. The molecule has 2 atom stereocenters. The fourth-order valence-corrected chi connectivity index (χ4v) is 3.80. The number of aliphatic hydroxyl groups is 1. The van der Waals surface area contributed by atoms with Gasteiger partial charge in [0, 0.05) is 24.6 Å². The van der Waals surface area contributed by atoms with Crippen molar-refractivity contribution >= 4 is 11.7 Å². The Morgan fingerprint density at radius 2 is 1.61 bits per heavy atom. The Labute approximate surface area is 189 Å². The molecule has 176 valence electrons. The average Bonchev–Trinajstić information content (AvgIpc) is 2.72. The van der Waals surface area contributed by atoms with Crippen LogP contribution in [0, 0.1) is 5.92 Å². The number of benzene rings is 1. The number of carbonyl (C=O) groups excluding carboxylic acids is 2. The molecular weight excluding hydrogens is 388 g/mol. The Hall–Kier alpha value is -1.72. The Kier molecular flexibility index (Phi) is 14.1. The van der Waals surface area contributed by atoms with E-state index in [1.165, 1.54) is 18.4 Å². The largest absolute Gasteiger partial charge is 0.393 e. The fraction of sp³-hybridized carbons (Fsp3) is 0.692. The van der Waals surface area contributed by atoms with E-state index in [1.807, 2.05) is 43.3 Å². The normalized spacial score (nSPS) is 13.2. The van der Waals surface area contributed by atoms with E-state index in [4.69, 9.17) is 0 Å². The van der Waals surface area contributed by atoms with Gasteiger partial charge in [0.1, 0.15) is 5.78 Å². The topological polar surface area (TPSA) is 69.6 Å². The molecule has 0 spiro atoms. The fourth-order valence-electron chi connectivity index (χ4n) is 3.80. The van der Waals surface area contributed by atoms with Crippen molar-refractivity contribution in [3.05, 3.63) is 35.4 Å². The summed E-state index contributed by atoms with van der Waals surface area (Å²) in [6, 6.07) is 7.78. The van der Waals surface area contributed by atoms with E-state index in [2.05, 4.69) is 12.2 Å². The smallest absolute Gasteiger partial charge is 0.251 e. The van der Waals surface area contributed by atoms with Gasteiger partial charge in [0.05, 0.1) is 6.10 Å². The maximum Gasteiger partial charge on any atom is 0.251 e. The van der Waals surface area contributed by atoms with Crippen LogP contribution in [0.25, 0.3) is 0 Å². The summed E-state index contributed by atoms with van der Waals surface area (Å²) in [4.78, 5) is 26.2. The SMILES string of the molecule is CCCCCC(O)CCCC(CCCc1ccc(C(=O)NCCN(C)C)cc1)C(C)=O. The van der Waals surface area contributed by atoms with Crippen LogP contribution in [-0.2, 0) is 11.2 Å². The first-order valence-corrected chi connectivity index (χ1v) is 12.0. The molecule has 2 unspecified atom stereocenters. The summed E-state index contributed by atoms with van der Waals surface area (Å²) < 4.78 is 0. The zero-order chi connectivity index (χ0) is 23.1. The first-order chi connectivity index (χ1) is 14.8. The van der Waals surface area contributed by atoms with Crippen LogP contribution in [0.3, 0.4) is 0 Å². The minimum absolute atomic E-state index is 0.0399. The summed E-state index contributed by atoms with van der Waals surface area (Å²) in [5.74, 6) is 0.303. The summed E-state index contributed by atoms with van der Waals surface area (Å²) >= 11 is 0. The molecule has 0 aromatic heterocycles. The second-order valence-corrected chi connectivity index (χ2v) is 9.04. The number of nitrogens with one attached hydrogen (secondary N) is 1. The van der Waals surface area contributed by atoms with Crippen molar-refractivity contribution < 1.29 is 14.7 Å². The van der Waals surface area contributed by atoms with Gasteiger partial charge in [-0.2, -0.15) is 0 Å². The van der Waals surface area contributed by atoms with Crippen LogP contribution in [0.2, 0.25) is 0 Å². The molecule has 0 aliphatic carbocycles. The third-order valence-corrected chi connectivity index (χ3v) is 5.88. The lowest BCUT2D eigenvalue weighted by atomic mass is 9.90. The molecule has 5 heteroatoms. The zero-order valence-corrected chi connectivity index (χ0v) is 20.2. The average molecular weight is 433 g/mol. The molecule has 0 saturated heterocycles. The van der Waals surface area contributed by atoms with Gasteiger partial charge < -0.3 is 15.3 Å². The van der Waals surface area contributed by atoms with E-state index in [0.717, 1.165) is 57.9 Å². The molecule has 31 heavy (non-hydrogen) atoms. The molecule has 0 fully saturated rings. The van der Waals surface area contributed by atoms with Crippen molar-refractivity contribution in [1.82, 2.24) is 10.2 Å². The summed E-state index contributed by atoms with van der Waals surface area (Å²) in [6.07, 6.45) is 9.41. The minimum Gasteiger partial charge on any atom is -0.393 e. The van der Waals surface area contributed by atoms with Crippen LogP contribution in [-0.4, -0.2) is 55.0 Å². The summed E-state index contributed by atoms with van der Waals surface area (Å²) in [7, 11) is 3.96. The van der Waals surface area contributed by atoms with E-state index in [-0.39, 0.29) is 23.7 Å². The molecule has 0 heterocycles. The van der Waals surface area contributed by atoms with Crippen LogP contribution >= 0.6 is 0 Å². The lowest BCUT2D eigenvalue weighted by Gasteiger charge is -2.15. The standard InChI is InChI=1S/C26H44N2O3/c1-5-6-7-13-25(30)14-9-12-23(21(2)29)11-8-10-22-15-17-24(18-16-22)26(31)27-19-20-28(3)4/h15-18,23,25,30H,5-14,19-20H2,1-4H3,(H,27,31). The molecule has 1 aromatic carbocycles. The predicted octanol–water partition coefficient (Wildman–Crippen LogP) is 4.62. The van der Waals surface area contributed by atoms with Gasteiger partial charge in [0.2, 0.25) is 0 Å². The summed E-state index contributed by atoms with van der Waals surface area (Å²) in [5, 5.41) is 13.0. The maximum atomic E-state index is 12.2. The van der Waals surface area contributed by atoms with Gasteiger partial charge in [0.25, 0.3) is 5.91 Å². The zero-order valence-electron chi connectivity index (χ0n) is 20.2. The van der Waals surface area contributed by atoms with Gasteiger partial charge in [-0.1, -0.05) is 44.7 Å². The molecule has 5 nitrogen and oxygen atoms in total. The molecule has 0 saturated carbocycles. The minimum atomic E-state index is -0.224. The molecule has 0 aliphatic heterocycles. The van der Waals surface area contributed by atoms with Crippen molar-refractivity contribution in [2.45, 2.75) is 84.2 Å². The number of aryl methyl sites for hydroxylation is 1. The summed E-state index contributed by atoms with van der Waals surface area (Å²) in [5.41, 5.74) is 1.88. The van der Waals surface area contributed by atoms with Crippen molar-refractivity contribution in [3.8, 4) is 0 Å². The highest BCUT2D eigenvalue weighted by molar-refractivity contribution is 5.94. The Bertz CT molecular complexity index is 628. The number of hydrogen-bond donors (Lipinski definition) is 2. The quantitative estimate of drug-likeness (QED) is 0.353. The Balaban J connectivity index is 2.33. The maximum absolute atomic E-state index is 12.2. The van der Waals surface area contributed by atoms with Gasteiger partial charge in [-0.25, -0.2) is 0 Å². The van der Waals surface area contributed by atoms with Crippen LogP contribution in [0.5, 0.6) is 0 Å². The van der Waals surface area contributed by atoms with Gasteiger partial charge in [-0.15, -0.1) is 0 Å². The van der Waals surface area contributed by atoms with Gasteiger partial charge in [-0.3, -0.25) is 9.59 Å². The highest BCUT2D eigenvalue weighted by atomic mass is 16.3. The van der Waals surface area contributed by atoms with Gasteiger partial charge in [-0.05, 0) is 77.2 Å². The predicted molar refractivity (Wildman–Crippen MR) is 128 cm³/mol. The lowest BCUT2D eigenvalue weighted by molar-refractivity contribution is -0.121. The lowest BCUT2D eigenvalue weighted by Crippen LogP contribution is -2.31. The van der Waals surface area contributed by atoms with Crippen LogP contribution in [0.4, 0.5) is 0 Å². The number of likely N-dealkylation sites (N-methyl/N-ethyl adjacent to an activating group) is 1. The molecule has 0 aliphatic rings. The van der Waals surface area contributed by atoms with E-state index in [1.54, 1.807) is 6.92 Å². The number of aliphatic hydroxyl groups excluding tert-OH is 1. The van der Waals surface area contributed by atoms with E-state index in [0.29, 0.717) is 12.1 Å². The van der Waals surface area contributed by atoms with Gasteiger partial charge in [0.15, 0.2) is 0 Å². The molecule has 1 aromatic rings. The first kappa shape index (κ1) is 27.3. The molecule has 0 radical (unpaired) electrons. The number of Topliss-reactive ketones (excluding diaryl/α,β-unsaturated/α-hetero) is 1. The number of unbranched alkanes of at least 4 members (excludes halogenated alkanes) is 2. The molecule has 2 N–H and O–H groups in total. The van der Waals surface area contributed by atoms with Crippen molar-refractivity contribution in [2.24, 2.45) is 5.92 Å². The molecule has 1 amide bonds. The first-order valence-electron chi connectivity index (χ1n) is 12.0. The van der Waals surface area contributed by atoms with E-state index < -0.39 is 0 Å².